The zero-order valence-electron chi connectivity index (χ0n) is 10.8. The van der Waals surface area contributed by atoms with Gasteiger partial charge in [0.15, 0.2) is 0 Å². The van der Waals surface area contributed by atoms with Crippen LogP contribution < -0.4 is 10.1 Å². The van der Waals surface area contributed by atoms with Crippen LogP contribution in [0.3, 0.4) is 0 Å². The molecule has 0 saturated carbocycles. The summed E-state index contributed by atoms with van der Waals surface area (Å²) >= 11 is 9.63. The maximum atomic E-state index is 6.16. The van der Waals surface area contributed by atoms with Crippen LogP contribution in [0.2, 0.25) is 5.02 Å². The van der Waals surface area contributed by atoms with Crippen molar-refractivity contribution in [1.29, 1.82) is 0 Å². The maximum Gasteiger partial charge on any atom is 0.146 e. The van der Waals surface area contributed by atoms with Crippen LogP contribution in [0.4, 0.5) is 0 Å². The minimum atomic E-state index is 0.615. The zero-order valence-corrected chi connectivity index (χ0v) is 13.2. The van der Waals surface area contributed by atoms with E-state index in [9.17, 15) is 0 Å². The molecule has 2 nitrogen and oxygen atoms in total. The third kappa shape index (κ3) is 3.72. The predicted molar refractivity (Wildman–Crippen MR) is 83.2 cm³/mol. The second-order valence-electron chi connectivity index (χ2n) is 4.32. The number of benzene rings is 2. The molecule has 0 spiro atoms. The molecule has 2 rings (SSSR count). The van der Waals surface area contributed by atoms with Gasteiger partial charge >= 0.3 is 0 Å². The summed E-state index contributed by atoms with van der Waals surface area (Å²) in [5, 5.41) is 3.74. The molecule has 2 aromatic carbocycles. The van der Waals surface area contributed by atoms with Crippen LogP contribution in [0.25, 0.3) is 0 Å². The van der Waals surface area contributed by atoms with Crippen molar-refractivity contribution in [2.45, 2.75) is 13.5 Å². The van der Waals surface area contributed by atoms with E-state index in [0.29, 0.717) is 10.8 Å². The van der Waals surface area contributed by atoms with Crippen molar-refractivity contribution in [2.24, 2.45) is 0 Å². The van der Waals surface area contributed by atoms with Crippen molar-refractivity contribution in [3.8, 4) is 11.5 Å². The lowest BCUT2D eigenvalue weighted by atomic mass is 10.2. The van der Waals surface area contributed by atoms with E-state index in [0.717, 1.165) is 27.9 Å². The molecule has 19 heavy (non-hydrogen) atoms. The quantitative estimate of drug-likeness (QED) is 0.852. The number of aryl methyl sites for hydroxylation is 1. The van der Waals surface area contributed by atoms with Gasteiger partial charge in [-0.05, 0) is 49.9 Å². The van der Waals surface area contributed by atoms with E-state index in [1.165, 1.54) is 0 Å². The summed E-state index contributed by atoms with van der Waals surface area (Å²) in [7, 11) is 1.91. The first-order chi connectivity index (χ1) is 9.10. The minimum Gasteiger partial charge on any atom is -0.455 e. The van der Waals surface area contributed by atoms with Gasteiger partial charge in [0.05, 0.1) is 5.02 Å². The largest absolute Gasteiger partial charge is 0.455 e. The van der Waals surface area contributed by atoms with Crippen molar-refractivity contribution < 1.29 is 4.74 Å². The Morgan fingerprint density at radius 3 is 2.68 bits per heavy atom. The van der Waals surface area contributed by atoms with Crippen molar-refractivity contribution in [3.63, 3.8) is 0 Å². The molecule has 0 aliphatic carbocycles. The Bertz CT molecular complexity index is 586. The molecule has 0 aliphatic rings. The third-order valence-corrected chi connectivity index (χ3v) is 3.50. The molecule has 0 aromatic heterocycles. The molecule has 0 radical (unpaired) electrons. The van der Waals surface area contributed by atoms with Crippen LogP contribution in [0, 0.1) is 6.92 Å². The highest BCUT2D eigenvalue weighted by molar-refractivity contribution is 9.10. The van der Waals surface area contributed by atoms with E-state index >= 15 is 0 Å². The lowest BCUT2D eigenvalue weighted by Crippen LogP contribution is -2.06. The van der Waals surface area contributed by atoms with Crippen LogP contribution in [0.5, 0.6) is 11.5 Å². The van der Waals surface area contributed by atoms with Gasteiger partial charge in [0.25, 0.3) is 0 Å². The van der Waals surface area contributed by atoms with Crippen molar-refractivity contribution in [2.75, 3.05) is 7.05 Å². The highest BCUT2D eigenvalue weighted by Crippen LogP contribution is 2.33. The topological polar surface area (TPSA) is 21.3 Å². The van der Waals surface area contributed by atoms with Gasteiger partial charge in [0.2, 0.25) is 0 Å². The number of ether oxygens (including phenoxy) is 1. The fourth-order valence-corrected chi connectivity index (χ4v) is 2.35. The molecule has 0 unspecified atom stereocenters. The van der Waals surface area contributed by atoms with Crippen molar-refractivity contribution >= 4 is 27.5 Å². The van der Waals surface area contributed by atoms with Gasteiger partial charge in [0, 0.05) is 16.6 Å². The number of halogens is 2. The molecule has 0 saturated heterocycles. The van der Waals surface area contributed by atoms with Crippen LogP contribution in [-0.4, -0.2) is 7.05 Å². The normalized spacial score (nSPS) is 10.5. The minimum absolute atomic E-state index is 0.615. The van der Waals surface area contributed by atoms with Gasteiger partial charge in [-0.3, -0.25) is 0 Å². The average molecular weight is 341 g/mol. The van der Waals surface area contributed by atoms with E-state index in [1.807, 2.05) is 50.4 Å². The summed E-state index contributed by atoms with van der Waals surface area (Å²) in [6, 6.07) is 11.7. The first-order valence-electron chi connectivity index (χ1n) is 5.97. The van der Waals surface area contributed by atoms with Gasteiger partial charge in [-0.15, -0.1) is 0 Å². The number of hydrogen-bond acceptors (Lipinski definition) is 2. The average Bonchev–Trinajstić information content (AvgIpc) is 2.37. The van der Waals surface area contributed by atoms with Gasteiger partial charge in [0.1, 0.15) is 11.5 Å². The molecular formula is C15H15BrClNO. The van der Waals surface area contributed by atoms with Gasteiger partial charge in [-0.25, -0.2) is 0 Å². The van der Waals surface area contributed by atoms with Gasteiger partial charge in [-0.2, -0.15) is 0 Å². The number of rotatable bonds is 4. The Kier molecular flexibility index (Phi) is 4.86. The summed E-state index contributed by atoms with van der Waals surface area (Å²) in [6.45, 7) is 2.75. The number of nitrogens with one attached hydrogen (secondary N) is 1. The monoisotopic (exact) mass is 339 g/mol. The molecule has 100 valence electrons. The van der Waals surface area contributed by atoms with E-state index in [-0.39, 0.29) is 0 Å². The molecule has 4 heteroatoms. The Balaban J connectivity index is 2.34. The molecule has 0 bridgehead atoms. The van der Waals surface area contributed by atoms with E-state index in [4.69, 9.17) is 16.3 Å². The lowest BCUT2D eigenvalue weighted by Gasteiger charge is -2.13. The fraction of sp³-hybridized carbons (Fsp3) is 0.200. The molecule has 0 heterocycles. The third-order valence-electron chi connectivity index (χ3n) is 2.70. The summed E-state index contributed by atoms with van der Waals surface area (Å²) in [6.07, 6.45) is 0. The van der Waals surface area contributed by atoms with Gasteiger partial charge in [-0.1, -0.05) is 33.6 Å². The van der Waals surface area contributed by atoms with E-state index in [1.54, 1.807) is 0 Å². The molecular weight excluding hydrogens is 326 g/mol. The molecule has 0 aliphatic heterocycles. The van der Waals surface area contributed by atoms with Crippen LogP contribution in [-0.2, 0) is 6.54 Å². The molecule has 0 amide bonds. The Hall–Kier alpha value is -1.03. The molecule has 1 N–H and O–H groups in total. The Morgan fingerprint density at radius 2 is 1.95 bits per heavy atom. The first-order valence-corrected chi connectivity index (χ1v) is 7.14. The molecule has 0 atom stereocenters. The lowest BCUT2D eigenvalue weighted by molar-refractivity contribution is 0.474. The maximum absolute atomic E-state index is 6.16. The Labute approximate surface area is 126 Å². The van der Waals surface area contributed by atoms with Crippen LogP contribution >= 0.6 is 27.5 Å². The van der Waals surface area contributed by atoms with Crippen LogP contribution in [0.15, 0.2) is 40.9 Å². The second-order valence-corrected chi connectivity index (χ2v) is 5.64. The molecule has 2 aromatic rings. The zero-order chi connectivity index (χ0) is 13.8. The standard InChI is InChI=1S/C15H15BrClNO/c1-10-3-5-13(17)15(7-10)19-14-6-4-12(16)8-11(14)9-18-2/h3-8,18H,9H2,1-2H3. The van der Waals surface area contributed by atoms with E-state index < -0.39 is 0 Å². The first kappa shape index (κ1) is 14.4. The second kappa shape index (κ2) is 6.42. The smallest absolute Gasteiger partial charge is 0.146 e. The Morgan fingerprint density at radius 1 is 1.16 bits per heavy atom. The summed E-state index contributed by atoms with van der Waals surface area (Å²) in [5.41, 5.74) is 2.20. The fourth-order valence-electron chi connectivity index (χ4n) is 1.78. The summed E-state index contributed by atoms with van der Waals surface area (Å²) in [4.78, 5) is 0. The van der Waals surface area contributed by atoms with Gasteiger partial charge < -0.3 is 10.1 Å². The predicted octanol–water partition coefficient (Wildman–Crippen LogP) is 4.92. The highest BCUT2D eigenvalue weighted by atomic mass is 79.9. The summed E-state index contributed by atoms with van der Waals surface area (Å²) < 4.78 is 6.96. The van der Waals surface area contributed by atoms with Crippen molar-refractivity contribution in [1.82, 2.24) is 5.32 Å². The van der Waals surface area contributed by atoms with Crippen LogP contribution in [0.1, 0.15) is 11.1 Å². The SMILES string of the molecule is CNCc1cc(Br)ccc1Oc1cc(C)ccc1Cl. The molecule has 0 fully saturated rings. The highest BCUT2D eigenvalue weighted by Gasteiger charge is 2.08. The summed E-state index contributed by atoms with van der Waals surface area (Å²) in [5.74, 6) is 1.49. The van der Waals surface area contributed by atoms with Crippen molar-refractivity contribution in [3.05, 3.63) is 57.0 Å². The van der Waals surface area contributed by atoms with E-state index in [2.05, 4.69) is 21.2 Å². The number of hydrogen-bond donors (Lipinski definition) is 1.